The number of rotatable bonds is 2. The molecule has 1 aromatic rings. The first-order valence-corrected chi connectivity index (χ1v) is 6.21. The van der Waals surface area contributed by atoms with E-state index in [0.717, 1.165) is 11.0 Å². The van der Waals surface area contributed by atoms with Crippen molar-refractivity contribution in [3.05, 3.63) is 34.1 Å². The molecule has 0 radical (unpaired) electrons. The molecular weight excluding hydrogens is 257 g/mol. The highest BCUT2D eigenvalue weighted by Gasteiger charge is 2.11. The first-order valence-electron chi connectivity index (χ1n) is 5.42. The maximum Gasteiger partial charge on any atom is 0.124 e. The van der Waals surface area contributed by atoms with Crippen molar-refractivity contribution in [2.75, 3.05) is 13.1 Å². The molecule has 1 heterocycles. The Hall–Kier alpha value is -0.410. The van der Waals surface area contributed by atoms with Crippen LogP contribution in [0.3, 0.4) is 0 Å². The van der Waals surface area contributed by atoms with Crippen LogP contribution in [0, 0.1) is 5.82 Å². The van der Waals surface area contributed by atoms with Crippen molar-refractivity contribution in [2.24, 2.45) is 0 Å². The van der Waals surface area contributed by atoms with Gasteiger partial charge in [-0.1, -0.05) is 28.4 Å². The number of nitrogens with zero attached hydrogens (tertiary/aromatic N) is 1. The highest BCUT2D eigenvalue weighted by molar-refractivity contribution is 9.10. The van der Waals surface area contributed by atoms with Crippen LogP contribution >= 0.6 is 15.9 Å². The van der Waals surface area contributed by atoms with Gasteiger partial charge in [0.2, 0.25) is 0 Å². The minimum Gasteiger partial charge on any atom is -0.299 e. The van der Waals surface area contributed by atoms with Crippen molar-refractivity contribution in [1.29, 1.82) is 0 Å². The molecular formula is C12H15BrFN. The van der Waals surface area contributed by atoms with Crippen LogP contribution in [0.25, 0.3) is 0 Å². The fraction of sp³-hybridized carbons (Fsp3) is 0.500. The lowest BCUT2D eigenvalue weighted by Crippen LogP contribution is -2.29. The monoisotopic (exact) mass is 271 g/mol. The van der Waals surface area contributed by atoms with Gasteiger partial charge < -0.3 is 0 Å². The summed E-state index contributed by atoms with van der Waals surface area (Å²) in [5.41, 5.74) is 1.18. The third-order valence-electron chi connectivity index (χ3n) is 2.86. The number of hydrogen-bond donors (Lipinski definition) is 0. The summed E-state index contributed by atoms with van der Waals surface area (Å²) in [6, 6.07) is 4.94. The van der Waals surface area contributed by atoms with Crippen molar-refractivity contribution in [3.8, 4) is 0 Å². The van der Waals surface area contributed by atoms with Crippen LogP contribution in [-0.4, -0.2) is 18.0 Å². The first kappa shape index (κ1) is 11.1. The predicted molar refractivity (Wildman–Crippen MR) is 63.2 cm³/mol. The Morgan fingerprint density at radius 3 is 2.60 bits per heavy atom. The molecule has 1 fully saturated rings. The highest BCUT2D eigenvalue weighted by Crippen LogP contribution is 2.21. The molecule has 1 aliphatic rings. The maximum absolute atomic E-state index is 12.9. The zero-order valence-corrected chi connectivity index (χ0v) is 10.3. The van der Waals surface area contributed by atoms with Crippen molar-refractivity contribution in [1.82, 2.24) is 4.90 Å². The normalized spacial score (nSPS) is 18.0. The summed E-state index contributed by atoms with van der Waals surface area (Å²) in [5.74, 6) is -0.177. The average molecular weight is 272 g/mol. The number of benzene rings is 1. The SMILES string of the molecule is Fc1ccc(CN2CCCCC2)c(Br)c1. The molecule has 0 amide bonds. The molecule has 1 aromatic carbocycles. The minimum absolute atomic E-state index is 0.177. The Morgan fingerprint density at radius 1 is 1.20 bits per heavy atom. The van der Waals surface area contributed by atoms with E-state index in [-0.39, 0.29) is 5.82 Å². The van der Waals surface area contributed by atoms with Crippen molar-refractivity contribution in [3.63, 3.8) is 0 Å². The van der Waals surface area contributed by atoms with E-state index in [1.54, 1.807) is 6.07 Å². The summed E-state index contributed by atoms with van der Waals surface area (Å²) < 4.78 is 13.8. The molecule has 1 nitrogen and oxygen atoms in total. The molecule has 0 saturated carbocycles. The van der Waals surface area contributed by atoms with E-state index >= 15 is 0 Å². The second-order valence-electron chi connectivity index (χ2n) is 4.07. The molecule has 0 aromatic heterocycles. The van der Waals surface area contributed by atoms with Crippen LogP contribution in [0.1, 0.15) is 24.8 Å². The second kappa shape index (κ2) is 5.08. The van der Waals surface area contributed by atoms with Gasteiger partial charge in [0, 0.05) is 11.0 Å². The molecule has 0 atom stereocenters. The third kappa shape index (κ3) is 3.02. The standard InChI is InChI=1S/C12H15BrFN/c13-12-8-11(14)5-4-10(12)9-15-6-2-1-3-7-15/h4-5,8H,1-3,6-7,9H2. The van der Waals surface area contributed by atoms with E-state index < -0.39 is 0 Å². The molecule has 0 N–H and O–H groups in total. The van der Waals surface area contributed by atoms with Crippen molar-refractivity contribution < 1.29 is 4.39 Å². The molecule has 0 spiro atoms. The molecule has 1 aliphatic heterocycles. The van der Waals surface area contributed by atoms with Gasteiger partial charge in [0.15, 0.2) is 0 Å². The molecule has 15 heavy (non-hydrogen) atoms. The van der Waals surface area contributed by atoms with Crippen LogP contribution in [0.4, 0.5) is 4.39 Å². The van der Waals surface area contributed by atoms with Gasteiger partial charge in [-0.15, -0.1) is 0 Å². The summed E-state index contributed by atoms with van der Waals surface area (Å²) in [6.07, 6.45) is 3.93. The van der Waals surface area contributed by atoms with Gasteiger partial charge in [0.1, 0.15) is 5.82 Å². The summed E-state index contributed by atoms with van der Waals surface area (Å²) in [4.78, 5) is 2.43. The Bertz CT molecular complexity index is 334. The van der Waals surface area contributed by atoms with E-state index in [9.17, 15) is 4.39 Å². The Morgan fingerprint density at radius 2 is 1.93 bits per heavy atom. The van der Waals surface area contributed by atoms with Crippen LogP contribution in [0.2, 0.25) is 0 Å². The lowest BCUT2D eigenvalue weighted by molar-refractivity contribution is 0.220. The van der Waals surface area contributed by atoms with Crippen molar-refractivity contribution in [2.45, 2.75) is 25.8 Å². The summed E-state index contributed by atoms with van der Waals surface area (Å²) in [7, 11) is 0. The maximum atomic E-state index is 12.9. The van der Waals surface area contributed by atoms with E-state index in [4.69, 9.17) is 0 Å². The summed E-state index contributed by atoms with van der Waals surface area (Å²) in [6.45, 7) is 3.27. The topological polar surface area (TPSA) is 3.24 Å². The molecule has 3 heteroatoms. The fourth-order valence-corrected chi connectivity index (χ4v) is 2.48. The highest BCUT2D eigenvalue weighted by atomic mass is 79.9. The van der Waals surface area contributed by atoms with E-state index in [1.807, 2.05) is 6.07 Å². The fourth-order valence-electron chi connectivity index (χ4n) is 2.01. The van der Waals surface area contributed by atoms with Gasteiger partial charge in [-0.25, -0.2) is 4.39 Å². The smallest absolute Gasteiger partial charge is 0.124 e. The minimum atomic E-state index is -0.177. The molecule has 0 unspecified atom stereocenters. The van der Waals surface area contributed by atoms with E-state index in [0.29, 0.717) is 0 Å². The van der Waals surface area contributed by atoms with Gasteiger partial charge >= 0.3 is 0 Å². The average Bonchev–Trinajstić information content (AvgIpc) is 2.24. The first-order chi connectivity index (χ1) is 7.25. The lowest BCUT2D eigenvalue weighted by Gasteiger charge is -2.26. The van der Waals surface area contributed by atoms with Gasteiger partial charge in [0.05, 0.1) is 0 Å². The van der Waals surface area contributed by atoms with Gasteiger partial charge in [0.25, 0.3) is 0 Å². The number of hydrogen-bond acceptors (Lipinski definition) is 1. The molecule has 0 aliphatic carbocycles. The summed E-state index contributed by atoms with van der Waals surface area (Å²) >= 11 is 3.41. The Labute approximate surface area is 98.4 Å². The van der Waals surface area contributed by atoms with Crippen LogP contribution < -0.4 is 0 Å². The van der Waals surface area contributed by atoms with E-state index in [2.05, 4.69) is 20.8 Å². The zero-order chi connectivity index (χ0) is 10.7. The van der Waals surface area contributed by atoms with Gasteiger partial charge in [-0.05, 0) is 43.6 Å². The molecule has 2 rings (SSSR count). The molecule has 82 valence electrons. The lowest BCUT2D eigenvalue weighted by atomic mass is 10.1. The largest absolute Gasteiger partial charge is 0.299 e. The quantitative estimate of drug-likeness (QED) is 0.795. The molecule has 0 bridgehead atoms. The van der Waals surface area contributed by atoms with Crippen LogP contribution in [-0.2, 0) is 6.54 Å². The second-order valence-corrected chi connectivity index (χ2v) is 4.93. The Balaban J connectivity index is 2.03. The Kier molecular flexibility index (Phi) is 3.76. The molecule has 1 saturated heterocycles. The van der Waals surface area contributed by atoms with Crippen molar-refractivity contribution >= 4 is 15.9 Å². The summed E-state index contributed by atoms with van der Waals surface area (Å²) in [5, 5.41) is 0. The van der Waals surface area contributed by atoms with Gasteiger partial charge in [-0.3, -0.25) is 4.90 Å². The van der Waals surface area contributed by atoms with E-state index in [1.165, 1.54) is 44.0 Å². The van der Waals surface area contributed by atoms with Crippen LogP contribution in [0.15, 0.2) is 22.7 Å². The van der Waals surface area contributed by atoms with Gasteiger partial charge in [-0.2, -0.15) is 0 Å². The zero-order valence-electron chi connectivity index (χ0n) is 8.68. The number of halogens is 2. The predicted octanol–water partition coefficient (Wildman–Crippen LogP) is 3.57. The number of piperidine rings is 1. The number of likely N-dealkylation sites (tertiary alicyclic amines) is 1. The van der Waals surface area contributed by atoms with Crippen LogP contribution in [0.5, 0.6) is 0 Å². The third-order valence-corrected chi connectivity index (χ3v) is 3.60.